The Labute approximate surface area is 177 Å². The largest absolute Gasteiger partial charge is 0.373 e. The van der Waals surface area contributed by atoms with Gasteiger partial charge in [0.1, 0.15) is 5.82 Å². The van der Waals surface area contributed by atoms with Crippen LogP contribution in [0.3, 0.4) is 0 Å². The molecule has 0 aliphatic carbocycles. The van der Waals surface area contributed by atoms with Crippen LogP contribution < -0.4 is 5.32 Å². The second-order valence-corrected chi connectivity index (χ2v) is 8.31. The number of carbonyl (C=O) groups excluding carboxylic acids is 1. The molecule has 2 amide bonds. The number of ether oxygens (including phenoxy) is 1. The van der Waals surface area contributed by atoms with E-state index in [2.05, 4.69) is 10.2 Å². The van der Waals surface area contributed by atoms with Crippen molar-refractivity contribution in [2.24, 2.45) is 5.92 Å². The molecule has 2 heterocycles. The highest BCUT2D eigenvalue weighted by molar-refractivity contribution is 5.89. The molecule has 2 aromatic rings. The van der Waals surface area contributed by atoms with Gasteiger partial charge in [0.2, 0.25) is 0 Å². The molecule has 1 N–H and O–H groups in total. The first-order valence-electron chi connectivity index (χ1n) is 10.8. The summed E-state index contributed by atoms with van der Waals surface area (Å²) in [5.74, 6) is 0.472. The molecule has 2 aliphatic heterocycles. The third kappa shape index (κ3) is 5.80. The first-order chi connectivity index (χ1) is 14.7. The molecular weight excluding hydrogens is 381 g/mol. The predicted octanol–water partition coefficient (Wildman–Crippen LogP) is 4.01. The molecule has 4 rings (SSSR count). The average molecular weight is 412 g/mol. The van der Waals surface area contributed by atoms with Crippen molar-refractivity contribution in [3.63, 3.8) is 0 Å². The second-order valence-electron chi connectivity index (χ2n) is 8.31. The van der Waals surface area contributed by atoms with Gasteiger partial charge >= 0.3 is 6.03 Å². The molecule has 0 spiro atoms. The van der Waals surface area contributed by atoms with Crippen LogP contribution >= 0.6 is 0 Å². The summed E-state index contributed by atoms with van der Waals surface area (Å²) >= 11 is 0. The summed E-state index contributed by atoms with van der Waals surface area (Å²) in [6, 6.07) is 16.4. The third-order valence-corrected chi connectivity index (χ3v) is 6.06. The lowest BCUT2D eigenvalue weighted by Gasteiger charge is -2.38. The number of nitrogens with zero attached hydrogens (tertiary/aromatic N) is 2. The number of hydrogen-bond acceptors (Lipinski definition) is 3. The normalized spacial score (nSPS) is 20.8. The molecule has 5 nitrogen and oxygen atoms in total. The lowest BCUT2D eigenvalue weighted by atomic mass is 9.90. The number of likely N-dealkylation sites (tertiary alicyclic amines) is 1. The second kappa shape index (κ2) is 10.0. The van der Waals surface area contributed by atoms with Gasteiger partial charge in [-0.25, -0.2) is 9.18 Å². The molecule has 2 aromatic carbocycles. The van der Waals surface area contributed by atoms with E-state index in [1.54, 1.807) is 12.1 Å². The third-order valence-electron chi connectivity index (χ3n) is 6.06. The van der Waals surface area contributed by atoms with Crippen molar-refractivity contribution in [1.29, 1.82) is 0 Å². The lowest BCUT2D eigenvalue weighted by molar-refractivity contribution is -0.0329. The van der Waals surface area contributed by atoms with Crippen molar-refractivity contribution >= 4 is 11.7 Å². The molecule has 2 fully saturated rings. The number of benzene rings is 2. The van der Waals surface area contributed by atoms with Gasteiger partial charge in [0.15, 0.2) is 0 Å². The number of nitrogens with one attached hydrogen (secondary N) is 1. The topological polar surface area (TPSA) is 44.8 Å². The molecule has 6 heteroatoms. The zero-order valence-corrected chi connectivity index (χ0v) is 17.3. The molecule has 2 aliphatic rings. The Morgan fingerprint density at radius 2 is 1.77 bits per heavy atom. The maximum atomic E-state index is 13.1. The van der Waals surface area contributed by atoms with Gasteiger partial charge in [-0.05, 0) is 68.1 Å². The fourth-order valence-corrected chi connectivity index (χ4v) is 4.35. The fourth-order valence-electron chi connectivity index (χ4n) is 4.35. The number of amides is 2. The van der Waals surface area contributed by atoms with E-state index in [9.17, 15) is 9.18 Å². The van der Waals surface area contributed by atoms with Crippen LogP contribution in [0, 0.1) is 11.7 Å². The minimum absolute atomic E-state index is 0.0499. The van der Waals surface area contributed by atoms with Gasteiger partial charge in [-0.1, -0.05) is 30.3 Å². The summed E-state index contributed by atoms with van der Waals surface area (Å²) in [5, 5.41) is 2.96. The van der Waals surface area contributed by atoms with E-state index < -0.39 is 0 Å². The van der Waals surface area contributed by atoms with Crippen molar-refractivity contribution in [3.05, 3.63) is 66.0 Å². The zero-order valence-electron chi connectivity index (χ0n) is 17.3. The molecule has 1 atom stereocenters. The first kappa shape index (κ1) is 20.8. The van der Waals surface area contributed by atoms with Crippen molar-refractivity contribution in [2.75, 3.05) is 44.6 Å². The Kier molecular flexibility index (Phi) is 6.97. The van der Waals surface area contributed by atoms with Gasteiger partial charge in [0, 0.05) is 25.3 Å². The van der Waals surface area contributed by atoms with Gasteiger partial charge in [-0.3, -0.25) is 0 Å². The maximum Gasteiger partial charge on any atom is 0.322 e. The molecule has 0 aromatic heterocycles. The molecule has 0 saturated carbocycles. The number of para-hydroxylation sites is 1. The summed E-state index contributed by atoms with van der Waals surface area (Å²) in [6.07, 6.45) is 3.35. The van der Waals surface area contributed by atoms with Gasteiger partial charge in [-0.2, -0.15) is 0 Å². The van der Waals surface area contributed by atoms with E-state index in [0.29, 0.717) is 25.6 Å². The van der Waals surface area contributed by atoms with Crippen molar-refractivity contribution in [3.8, 4) is 0 Å². The van der Waals surface area contributed by atoms with E-state index >= 15 is 0 Å². The lowest BCUT2D eigenvalue weighted by Crippen LogP contribution is -2.51. The van der Waals surface area contributed by atoms with Gasteiger partial charge in [-0.15, -0.1) is 0 Å². The predicted molar refractivity (Wildman–Crippen MR) is 116 cm³/mol. The minimum atomic E-state index is -0.174. The highest BCUT2D eigenvalue weighted by Gasteiger charge is 2.28. The molecule has 1 unspecified atom stereocenters. The summed E-state index contributed by atoms with van der Waals surface area (Å²) in [5.41, 5.74) is 2.03. The zero-order chi connectivity index (χ0) is 20.8. The highest BCUT2D eigenvalue weighted by Crippen LogP contribution is 2.23. The maximum absolute atomic E-state index is 13.1. The van der Waals surface area contributed by atoms with Crippen LogP contribution in [0.15, 0.2) is 54.6 Å². The number of urea groups is 1. The van der Waals surface area contributed by atoms with E-state index in [1.807, 2.05) is 47.4 Å². The Morgan fingerprint density at radius 1 is 1.03 bits per heavy atom. The first-order valence-corrected chi connectivity index (χ1v) is 10.8. The van der Waals surface area contributed by atoms with Crippen molar-refractivity contribution < 1.29 is 13.9 Å². The number of carbonyl (C=O) groups is 1. The number of rotatable bonds is 5. The van der Waals surface area contributed by atoms with Crippen LogP contribution in [-0.4, -0.2) is 61.3 Å². The number of hydrogen-bond donors (Lipinski definition) is 1. The Morgan fingerprint density at radius 3 is 2.50 bits per heavy atom. The Bertz CT molecular complexity index is 807. The van der Waals surface area contributed by atoms with Crippen LogP contribution in [-0.2, 0) is 11.2 Å². The van der Waals surface area contributed by atoms with Gasteiger partial charge in [0.05, 0.1) is 12.7 Å². The SMILES string of the molecule is O=C(Nc1ccccc1)N1CCOC(CN2CCC(Cc3ccc(F)cc3)CC2)C1. The molecule has 0 radical (unpaired) electrons. The van der Waals surface area contributed by atoms with Crippen LogP contribution in [0.4, 0.5) is 14.9 Å². The number of halogens is 1. The number of anilines is 1. The summed E-state index contributed by atoms with van der Waals surface area (Å²) in [7, 11) is 0. The quantitative estimate of drug-likeness (QED) is 0.809. The molecule has 30 heavy (non-hydrogen) atoms. The Balaban J connectivity index is 1.21. The van der Waals surface area contributed by atoms with E-state index in [-0.39, 0.29) is 18.0 Å². The van der Waals surface area contributed by atoms with Crippen molar-refractivity contribution in [1.82, 2.24) is 9.80 Å². The van der Waals surface area contributed by atoms with Crippen LogP contribution in [0.25, 0.3) is 0 Å². The van der Waals surface area contributed by atoms with E-state index in [4.69, 9.17) is 4.74 Å². The van der Waals surface area contributed by atoms with E-state index in [0.717, 1.165) is 44.6 Å². The molecule has 2 saturated heterocycles. The van der Waals surface area contributed by atoms with Gasteiger partial charge < -0.3 is 19.9 Å². The average Bonchev–Trinajstić information content (AvgIpc) is 2.78. The molecular formula is C24H30FN3O2. The smallest absolute Gasteiger partial charge is 0.322 e. The van der Waals surface area contributed by atoms with Crippen LogP contribution in [0.5, 0.6) is 0 Å². The van der Waals surface area contributed by atoms with Crippen LogP contribution in [0.2, 0.25) is 0 Å². The molecule has 160 valence electrons. The monoisotopic (exact) mass is 411 g/mol. The van der Waals surface area contributed by atoms with Gasteiger partial charge in [0.25, 0.3) is 0 Å². The van der Waals surface area contributed by atoms with Crippen LogP contribution in [0.1, 0.15) is 18.4 Å². The summed E-state index contributed by atoms with van der Waals surface area (Å²) in [6.45, 7) is 4.76. The van der Waals surface area contributed by atoms with E-state index in [1.165, 1.54) is 5.56 Å². The standard InChI is InChI=1S/C24H30FN3O2/c25-21-8-6-19(7-9-21)16-20-10-12-27(13-11-20)17-23-18-28(14-15-30-23)24(29)26-22-4-2-1-3-5-22/h1-9,20,23H,10-18H2,(H,26,29). The molecule has 0 bridgehead atoms. The summed E-state index contributed by atoms with van der Waals surface area (Å²) in [4.78, 5) is 16.9. The Hall–Kier alpha value is -2.44. The number of piperidine rings is 1. The summed E-state index contributed by atoms with van der Waals surface area (Å²) < 4.78 is 19.0. The highest BCUT2D eigenvalue weighted by atomic mass is 19.1. The van der Waals surface area contributed by atoms with Crippen molar-refractivity contribution in [2.45, 2.75) is 25.4 Å². The fraction of sp³-hybridized carbons (Fsp3) is 0.458. The number of morpholine rings is 1. The minimum Gasteiger partial charge on any atom is -0.373 e.